The van der Waals surface area contributed by atoms with Gasteiger partial charge in [0.1, 0.15) is 0 Å². The van der Waals surface area contributed by atoms with Crippen LogP contribution in [0.5, 0.6) is 0 Å². The summed E-state index contributed by atoms with van der Waals surface area (Å²) < 4.78 is 0. The van der Waals surface area contributed by atoms with Crippen LogP contribution in [0.1, 0.15) is 58.3 Å². The molecule has 0 aromatic carbocycles. The molecule has 0 spiro atoms. The first-order chi connectivity index (χ1) is 7.24. The molecule has 15 heavy (non-hydrogen) atoms. The van der Waals surface area contributed by atoms with Gasteiger partial charge < -0.3 is 5.11 Å². The van der Waals surface area contributed by atoms with Gasteiger partial charge in [-0.3, -0.25) is 0 Å². The highest BCUT2D eigenvalue weighted by Gasteiger charge is 2.18. The molecular formula is C13H24OS. The van der Waals surface area contributed by atoms with E-state index in [2.05, 4.69) is 25.6 Å². The quantitative estimate of drug-likeness (QED) is 0.403. The van der Waals surface area contributed by atoms with Gasteiger partial charge in [-0.1, -0.05) is 38.7 Å². The predicted molar refractivity (Wildman–Crippen MR) is 69.5 cm³/mol. The zero-order valence-electron chi connectivity index (χ0n) is 9.78. The molecule has 1 aliphatic rings. The highest BCUT2D eigenvalue weighted by molar-refractivity contribution is 7.81. The Bertz CT molecular complexity index is 201. The van der Waals surface area contributed by atoms with Crippen molar-refractivity contribution in [2.75, 3.05) is 0 Å². The zero-order chi connectivity index (χ0) is 11.1. The maximum Gasteiger partial charge on any atom is 0.0750 e. The van der Waals surface area contributed by atoms with Crippen LogP contribution in [-0.2, 0) is 0 Å². The molecular weight excluding hydrogens is 204 g/mol. The fourth-order valence-electron chi connectivity index (χ4n) is 2.16. The summed E-state index contributed by atoms with van der Waals surface area (Å²) in [4.78, 5) is 0. The summed E-state index contributed by atoms with van der Waals surface area (Å²) in [5.74, 6) is 0. The van der Waals surface area contributed by atoms with E-state index >= 15 is 0 Å². The molecule has 0 bridgehead atoms. The molecule has 0 aromatic rings. The van der Waals surface area contributed by atoms with Crippen molar-refractivity contribution in [1.29, 1.82) is 0 Å². The largest absolute Gasteiger partial charge is 0.389 e. The molecule has 1 nitrogen and oxygen atoms in total. The fraction of sp³-hybridized carbons (Fsp3) is 0.846. The topological polar surface area (TPSA) is 20.2 Å². The van der Waals surface area contributed by atoms with E-state index in [-0.39, 0.29) is 6.10 Å². The standard InChI is InChI=1S/C13H24OS/c1-2-3-4-5-8-12(15)10-11-7-6-9-13(11)14/h10,12-15H,2-9H2,1H3/b11-10+/t12-,13-/m0/s1. The monoisotopic (exact) mass is 228 g/mol. The summed E-state index contributed by atoms with van der Waals surface area (Å²) in [5.41, 5.74) is 1.23. The van der Waals surface area contributed by atoms with Crippen molar-refractivity contribution in [3.63, 3.8) is 0 Å². The number of aliphatic hydroxyl groups excluding tert-OH is 1. The smallest absolute Gasteiger partial charge is 0.0750 e. The molecule has 2 heteroatoms. The molecule has 0 heterocycles. The lowest BCUT2D eigenvalue weighted by atomic mass is 10.1. The van der Waals surface area contributed by atoms with Gasteiger partial charge in [0.25, 0.3) is 0 Å². The van der Waals surface area contributed by atoms with E-state index in [0.717, 1.165) is 25.7 Å². The number of hydrogen-bond acceptors (Lipinski definition) is 2. The van der Waals surface area contributed by atoms with Crippen molar-refractivity contribution in [1.82, 2.24) is 0 Å². The van der Waals surface area contributed by atoms with Crippen LogP contribution in [0.3, 0.4) is 0 Å². The second-order valence-corrected chi connectivity index (χ2v) is 5.23. The second kappa shape index (κ2) is 7.34. The van der Waals surface area contributed by atoms with Crippen LogP contribution in [0, 0.1) is 0 Å². The predicted octanol–water partition coefficient (Wildman–Crippen LogP) is 3.73. The molecule has 1 aliphatic carbocycles. The van der Waals surface area contributed by atoms with Gasteiger partial charge in [0.2, 0.25) is 0 Å². The number of thiol groups is 1. The molecule has 88 valence electrons. The Morgan fingerprint density at radius 2 is 2.27 bits per heavy atom. The first kappa shape index (κ1) is 13.1. The SMILES string of the molecule is CCCCCC[C@H](S)/C=C1\CCC[C@@H]1O. The first-order valence-electron chi connectivity index (χ1n) is 6.30. The van der Waals surface area contributed by atoms with Crippen molar-refractivity contribution in [2.24, 2.45) is 0 Å². The van der Waals surface area contributed by atoms with Gasteiger partial charge in [0.15, 0.2) is 0 Å². The van der Waals surface area contributed by atoms with Crippen molar-refractivity contribution in [3.8, 4) is 0 Å². The summed E-state index contributed by atoms with van der Waals surface area (Å²) in [6.07, 6.45) is 11.5. The Labute approximate surface area is 99.4 Å². The third-order valence-electron chi connectivity index (χ3n) is 3.13. The summed E-state index contributed by atoms with van der Waals surface area (Å²) in [5, 5.41) is 10.00. The highest BCUT2D eigenvalue weighted by atomic mass is 32.1. The minimum Gasteiger partial charge on any atom is -0.389 e. The minimum atomic E-state index is -0.171. The molecule has 1 N–H and O–H groups in total. The van der Waals surface area contributed by atoms with E-state index in [1.165, 1.54) is 31.3 Å². The number of hydrogen-bond donors (Lipinski definition) is 2. The Hall–Kier alpha value is 0.0500. The first-order valence-corrected chi connectivity index (χ1v) is 6.82. The zero-order valence-corrected chi connectivity index (χ0v) is 10.7. The van der Waals surface area contributed by atoms with Crippen LogP contribution in [0.4, 0.5) is 0 Å². The Balaban J connectivity index is 2.19. The van der Waals surface area contributed by atoms with Crippen LogP contribution in [0.15, 0.2) is 11.6 Å². The number of unbranched alkanes of at least 4 members (excludes halogenated alkanes) is 3. The summed E-state index contributed by atoms with van der Waals surface area (Å²) in [6, 6.07) is 0. The Kier molecular flexibility index (Phi) is 6.42. The van der Waals surface area contributed by atoms with Crippen LogP contribution in [-0.4, -0.2) is 16.5 Å². The average molecular weight is 228 g/mol. The van der Waals surface area contributed by atoms with Crippen molar-refractivity contribution in [2.45, 2.75) is 69.6 Å². The second-order valence-electron chi connectivity index (χ2n) is 4.57. The maximum atomic E-state index is 9.65. The lowest BCUT2D eigenvalue weighted by molar-refractivity contribution is 0.217. The molecule has 0 unspecified atom stereocenters. The van der Waals surface area contributed by atoms with Crippen LogP contribution < -0.4 is 0 Å². The van der Waals surface area contributed by atoms with Gasteiger partial charge in [-0.2, -0.15) is 12.6 Å². The molecule has 2 atom stereocenters. The van der Waals surface area contributed by atoms with Crippen molar-refractivity contribution in [3.05, 3.63) is 11.6 Å². The molecule has 0 radical (unpaired) electrons. The van der Waals surface area contributed by atoms with Gasteiger partial charge in [0.05, 0.1) is 6.10 Å². The van der Waals surface area contributed by atoms with Gasteiger partial charge in [0, 0.05) is 5.25 Å². The summed E-state index contributed by atoms with van der Waals surface area (Å²) >= 11 is 4.56. The third kappa shape index (κ3) is 5.07. The number of rotatable bonds is 6. The van der Waals surface area contributed by atoms with Gasteiger partial charge in [-0.15, -0.1) is 0 Å². The number of aliphatic hydroxyl groups is 1. The Morgan fingerprint density at radius 3 is 2.87 bits per heavy atom. The lowest BCUT2D eigenvalue weighted by Crippen LogP contribution is -2.04. The van der Waals surface area contributed by atoms with Gasteiger partial charge >= 0.3 is 0 Å². The molecule has 0 amide bonds. The van der Waals surface area contributed by atoms with Crippen LogP contribution in [0.25, 0.3) is 0 Å². The van der Waals surface area contributed by atoms with Gasteiger partial charge in [-0.25, -0.2) is 0 Å². The van der Waals surface area contributed by atoms with Crippen LogP contribution >= 0.6 is 12.6 Å². The maximum absolute atomic E-state index is 9.65. The van der Waals surface area contributed by atoms with Crippen molar-refractivity contribution < 1.29 is 5.11 Å². The van der Waals surface area contributed by atoms with Crippen molar-refractivity contribution >= 4 is 12.6 Å². The van der Waals surface area contributed by atoms with E-state index in [0.29, 0.717) is 5.25 Å². The van der Waals surface area contributed by atoms with E-state index in [1.54, 1.807) is 0 Å². The molecule has 0 aromatic heterocycles. The van der Waals surface area contributed by atoms with E-state index in [1.807, 2.05) is 0 Å². The van der Waals surface area contributed by atoms with Crippen LogP contribution in [0.2, 0.25) is 0 Å². The van der Waals surface area contributed by atoms with E-state index in [9.17, 15) is 5.11 Å². The van der Waals surface area contributed by atoms with E-state index in [4.69, 9.17) is 0 Å². The summed E-state index contributed by atoms with van der Waals surface area (Å²) in [7, 11) is 0. The molecule has 0 saturated heterocycles. The highest BCUT2D eigenvalue weighted by Crippen LogP contribution is 2.26. The minimum absolute atomic E-state index is 0.171. The molecule has 0 aliphatic heterocycles. The fourth-order valence-corrected chi connectivity index (χ4v) is 2.53. The van der Waals surface area contributed by atoms with E-state index < -0.39 is 0 Å². The Morgan fingerprint density at radius 1 is 1.47 bits per heavy atom. The molecule has 1 rings (SSSR count). The third-order valence-corrected chi connectivity index (χ3v) is 3.54. The normalized spacial score (nSPS) is 26.1. The van der Waals surface area contributed by atoms with Gasteiger partial charge in [-0.05, 0) is 31.3 Å². The average Bonchev–Trinajstić information content (AvgIpc) is 2.59. The summed E-state index contributed by atoms with van der Waals surface area (Å²) in [6.45, 7) is 2.23. The molecule has 1 saturated carbocycles. The lowest BCUT2D eigenvalue weighted by Gasteiger charge is -2.09. The molecule has 1 fully saturated rings.